The van der Waals surface area contributed by atoms with Crippen molar-refractivity contribution in [1.82, 2.24) is 15.0 Å². The van der Waals surface area contributed by atoms with Gasteiger partial charge in [0.25, 0.3) is 0 Å². The third-order valence-electron chi connectivity index (χ3n) is 4.87. The van der Waals surface area contributed by atoms with Crippen LogP contribution < -0.4 is 26.0 Å². The number of anilines is 6. The number of fused-ring (bicyclic) bond motifs is 2. The van der Waals surface area contributed by atoms with Gasteiger partial charge < -0.3 is 26.0 Å². The second-order valence-corrected chi connectivity index (χ2v) is 7.14. The number of benzene rings is 2. The number of carbonyl (C=O) groups excluding carboxylic acids is 2. The first-order chi connectivity index (χ1) is 15.1. The fourth-order valence-corrected chi connectivity index (χ4v) is 3.50. The van der Waals surface area contributed by atoms with E-state index in [1.54, 1.807) is 0 Å². The lowest BCUT2D eigenvalue weighted by Gasteiger charge is -2.11. The summed E-state index contributed by atoms with van der Waals surface area (Å²) in [6.07, 6.45) is 0.760. The van der Waals surface area contributed by atoms with E-state index < -0.39 is 0 Å². The van der Waals surface area contributed by atoms with Crippen LogP contribution in [0.2, 0.25) is 0 Å². The number of hydrogen-bond donors (Lipinski definition) is 4. The highest BCUT2D eigenvalue weighted by Crippen LogP contribution is 2.29. The minimum Gasteiger partial charge on any atom is -0.464 e. The molecule has 0 saturated heterocycles. The molecule has 3 heterocycles. The Morgan fingerprint density at radius 3 is 1.84 bits per heavy atom. The SMILES string of the molecule is CCOc1nc(Nc2ccc3c(c2)NC(=O)C3)nc(Nc2ccc3c(c2)NC(=O)C3)n1. The smallest absolute Gasteiger partial charge is 0.323 e. The molecule has 2 aliphatic heterocycles. The van der Waals surface area contributed by atoms with E-state index in [-0.39, 0.29) is 17.8 Å². The summed E-state index contributed by atoms with van der Waals surface area (Å²) in [6, 6.07) is 11.3. The van der Waals surface area contributed by atoms with Crippen LogP contribution in [0.5, 0.6) is 6.01 Å². The second kappa shape index (κ2) is 7.56. The highest BCUT2D eigenvalue weighted by Gasteiger charge is 2.19. The van der Waals surface area contributed by atoms with Gasteiger partial charge in [0.1, 0.15) is 0 Å². The average Bonchev–Trinajstić information content (AvgIpc) is 3.27. The number of nitrogens with zero attached hydrogens (tertiary/aromatic N) is 3. The molecule has 0 saturated carbocycles. The Bertz CT molecular complexity index is 1120. The van der Waals surface area contributed by atoms with Crippen molar-refractivity contribution >= 4 is 46.5 Å². The zero-order valence-electron chi connectivity index (χ0n) is 16.7. The summed E-state index contributed by atoms with van der Waals surface area (Å²) in [5.41, 5.74) is 4.89. The number of hydrogen-bond acceptors (Lipinski definition) is 8. The van der Waals surface area contributed by atoms with Crippen molar-refractivity contribution in [2.24, 2.45) is 0 Å². The van der Waals surface area contributed by atoms with Gasteiger partial charge in [-0.15, -0.1) is 0 Å². The quantitative estimate of drug-likeness (QED) is 0.482. The van der Waals surface area contributed by atoms with Gasteiger partial charge in [-0.25, -0.2) is 0 Å². The molecule has 4 N–H and O–H groups in total. The number of amides is 2. The lowest BCUT2D eigenvalue weighted by Crippen LogP contribution is -2.07. The maximum atomic E-state index is 11.6. The van der Waals surface area contributed by atoms with Crippen molar-refractivity contribution in [2.45, 2.75) is 19.8 Å². The van der Waals surface area contributed by atoms with Gasteiger partial charge in [0, 0.05) is 22.7 Å². The van der Waals surface area contributed by atoms with Crippen LogP contribution >= 0.6 is 0 Å². The fourth-order valence-electron chi connectivity index (χ4n) is 3.50. The fraction of sp³-hybridized carbons (Fsp3) is 0.190. The Morgan fingerprint density at radius 2 is 1.35 bits per heavy atom. The van der Waals surface area contributed by atoms with Gasteiger partial charge in [0.15, 0.2) is 0 Å². The van der Waals surface area contributed by atoms with E-state index in [0.717, 1.165) is 33.9 Å². The largest absolute Gasteiger partial charge is 0.464 e. The number of carbonyl (C=O) groups is 2. The van der Waals surface area contributed by atoms with Gasteiger partial charge in [0.2, 0.25) is 23.7 Å². The van der Waals surface area contributed by atoms with Crippen LogP contribution in [0.4, 0.5) is 34.6 Å². The average molecular weight is 417 g/mol. The first-order valence-corrected chi connectivity index (χ1v) is 9.84. The van der Waals surface area contributed by atoms with Crippen LogP contribution in [0.3, 0.4) is 0 Å². The summed E-state index contributed by atoms with van der Waals surface area (Å²) >= 11 is 0. The summed E-state index contributed by atoms with van der Waals surface area (Å²) in [4.78, 5) is 36.2. The van der Waals surface area contributed by atoms with Crippen molar-refractivity contribution in [3.8, 4) is 6.01 Å². The highest BCUT2D eigenvalue weighted by atomic mass is 16.5. The predicted molar refractivity (Wildman–Crippen MR) is 115 cm³/mol. The topological polar surface area (TPSA) is 130 Å². The highest BCUT2D eigenvalue weighted by molar-refractivity contribution is 6.00. The number of ether oxygens (including phenoxy) is 1. The van der Waals surface area contributed by atoms with Crippen molar-refractivity contribution in [2.75, 3.05) is 27.9 Å². The Hall–Kier alpha value is -4.21. The Kier molecular flexibility index (Phi) is 4.58. The van der Waals surface area contributed by atoms with Gasteiger partial charge in [-0.2, -0.15) is 15.0 Å². The van der Waals surface area contributed by atoms with Crippen molar-refractivity contribution in [3.63, 3.8) is 0 Å². The maximum Gasteiger partial charge on any atom is 0.323 e. The molecule has 2 aromatic carbocycles. The third kappa shape index (κ3) is 3.95. The van der Waals surface area contributed by atoms with Crippen molar-refractivity contribution in [3.05, 3.63) is 47.5 Å². The summed E-state index contributed by atoms with van der Waals surface area (Å²) < 4.78 is 5.48. The summed E-state index contributed by atoms with van der Waals surface area (Å²) in [6.45, 7) is 2.25. The van der Waals surface area contributed by atoms with E-state index in [0.29, 0.717) is 31.3 Å². The number of rotatable bonds is 6. The monoisotopic (exact) mass is 417 g/mol. The van der Waals surface area contributed by atoms with Crippen LogP contribution in [-0.4, -0.2) is 33.4 Å². The molecular weight excluding hydrogens is 398 g/mol. The Morgan fingerprint density at radius 1 is 0.839 bits per heavy atom. The summed E-state index contributed by atoms with van der Waals surface area (Å²) in [5.74, 6) is 0.533. The molecule has 2 amide bonds. The van der Waals surface area contributed by atoms with Gasteiger partial charge >= 0.3 is 6.01 Å². The van der Waals surface area contributed by atoms with Gasteiger partial charge in [-0.05, 0) is 42.3 Å². The number of nitrogens with one attached hydrogen (secondary N) is 4. The molecular formula is C21H19N7O3. The zero-order chi connectivity index (χ0) is 21.4. The maximum absolute atomic E-state index is 11.6. The van der Waals surface area contributed by atoms with Crippen LogP contribution in [0, 0.1) is 0 Å². The van der Waals surface area contributed by atoms with Gasteiger partial charge in [-0.1, -0.05) is 12.1 Å². The minimum atomic E-state index is -0.0250. The minimum absolute atomic E-state index is 0.0250. The van der Waals surface area contributed by atoms with Crippen molar-refractivity contribution in [1.29, 1.82) is 0 Å². The van der Waals surface area contributed by atoms with Crippen molar-refractivity contribution < 1.29 is 14.3 Å². The first-order valence-electron chi connectivity index (χ1n) is 9.84. The molecule has 0 bridgehead atoms. The predicted octanol–water partition coefficient (Wildman–Crippen LogP) is 2.75. The number of aromatic nitrogens is 3. The van der Waals surface area contributed by atoms with E-state index in [1.165, 1.54) is 0 Å². The molecule has 3 aromatic rings. The van der Waals surface area contributed by atoms with Crippen LogP contribution in [0.15, 0.2) is 36.4 Å². The molecule has 156 valence electrons. The van der Waals surface area contributed by atoms with E-state index in [2.05, 4.69) is 36.2 Å². The molecule has 0 spiro atoms. The molecule has 0 fully saturated rings. The molecule has 0 aliphatic carbocycles. The lowest BCUT2D eigenvalue weighted by atomic mass is 10.1. The molecule has 10 heteroatoms. The Balaban J connectivity index is 1.40. The van der Waals surface area contributed by atoms with E-state index in [4.69, 9.17) is 4.74 Å². The first kappa shape index (κ1) is 18.8. The van der Waals surface area contributed by atoms with E-state index in [9.17, 15) is 9.59 Å². The molecule has 1 aromatic heterocycles. The van der Waals surface area contributed by atoms with Crippen LogP contribution in [0.25, 0.3) is 0 Å². The Labute approximate surface area is 177 Å². The van der Waals surface area contributed by atoms with E-state index in [1.807, 2.05) is 43.3 Å². The van der Waals surface area contributed by atoms with E-state index >= 15 is 0 Å². The zero-order valence-corrected chi connectivity index (χ0v) is 16.7. The van der Waals surface area contributed by atoms with Gasteiger partial charge in [-0.3, -0.25) is 9.59 Å². The summed E-state index contributed by atoms with van der Waals surface area (Å²) in [7, 11) is 0. The van der Waals surface area contributed by atoms with Crippen LogP contribution in [-0.2, 0) is 22.4 Å². The molecule has 2 aliphatic rings. The second-order valence-electron chi connectivity index (χ2n) is 7.14. The summed E-state index contributed by atoms with van der Waals surface area (Å²) in [5, 5.41) is 11.9. The lowest BCUT2D eigenvalue weighted by molar-refractivity contribution is -0.115. The molecule has 5 rings (SSSR count). The molecule has 0 unspecified atom stereocenters. The molecule has 0 atom stereocenters. The normalized spacial score (nSPS) is 13.8. The van der Waals surface area contributed by atoms with Crippen LogP contribution in [0.1, 0.15) is 18.1 Å². The van der Waals surface area contributed by atoms with Gasteiger partial charge in [0.05, 0.1) is 19.4 Å². The standard InChI is InChI=1S/C21H19N7O3/c1-2-31-21-27-19(22-13-5-3-11-7-17(29)24-15(11)9-13)26-20(28-21)23-14-6-4-12-8-18(30)25-16(12)10-14/h3-6,9-10H,2,7-8H2,1H3,(H,24,29)(H,25,30)(H2,22,23,26,27,28). The third-order valence-corrected chi connectivity index (χ3v) is 4.87. The molecule has 31 heavy (non-hydrogen) atoms. The molecule has 0 radical (unpaired) electrons. The molecule has 10 nitrogen and oxygen atoms in total.